The molecule has 9 heteroatoms. The first-order valence-electron chi connectivity index (χ1n) is 11.7. The minimum atomic E-state index is -1.18. The molecule has 0 aliphatic carbocycles. The Morgan fingerprint density at radius 1 is 1.03 bits per heavy atom. The molecule has 5 atom stereocenters. The highest BCUT2D eigenvalue weighted by Crippen LogP contribution is 2.45. The van der Waals surface area contributed by atoms with Crippen LogP contribution in [-0.2, 0) is 36.9 Å². The zero-order valence-corrected chi connectivity index (χ0v) is 19.2. The van der Waals surface area contributed by atoms with Gasteiger partial charge in [-0.3, -0.25) is 4.79 Å². The van der Waals surface area contributed by atoms with Crippen molar-refractivity contribution >= 4 is 17.8 Å². The average Bonchev–Trinajstić information content (AvgIpc) is 3.48. The topological polar surface area (TPSA) is 131 Å². The van der Waals surface area contributed by atoms with Crippen molar-refractivity contribution in [1.29, 1.82) is 0 Å². The fourth-order valence-electron chi connectivity index (χ4n) is 4.88. The summed E-state index contributed by atoms with van der Waals surface area (Å²) in [6.07, 6.45) is 1.60. The van der Waals surface area contributed by atoms with E-state index >= 15 is 0 Å². The van der Waals surface area contributed by atoms with Crippen molar-refractivity contribution < 1.29 is 38.8 Å². The zero-order valence-electron chi connectivity index (χ0n) is 19.2. The molecule has 3 N–H and O–H groups in total. The molecule has 9 nitrogen and oxygen atoms in total. The molecule has 1 unspecified atom stereocenters. The van der Waals surface area contributed by atoms with Crippen molar-refractivity contribution in [1.82, 2.24) is 5.32 Å². The number of fused-ring (bicyclic) bond motifs is 2. The van der Waals surface area contributed by atoms with Gasteiger partial charge in [0.05, 0.1) is 24.7 Å². The largest absolute Gasteiger partial charge is 0.482 e. The van der Waals surface area contributed by atoms with E-state index in [2.05, 4.69) is 5.32 Å². The maximum absolute atomic E-state index is 13.3. The number of carboxylic acids is 1. The van der Waals surface area contributed by atoms with Crippen LogP contribution in [0.2, 0.25) is 0 Å². The summed E-state index contributed by atoms with van der Waals surface area (Å²) in [6, 6.07) is 15.1. The van der Waals surface area contributed by atoms with E-state index in [0.717, 1.165) is 24.0 Å². The molecule has 4 rings (SSSR count). The van der Waals surface area contributed by atoms with E-state index in [0.29, 0.717) is 12.2 Å². The van der Waals surface area contributed by atoms with Gasteiger partial charge in [0.15, 0.2) is 12.6 Å². The first-order valence-corrected chi connectivity index (χ1v) is 11.7. The van der Waals surface area contributed by atoms with Gasteiger partial charge in [0, 0.05) is 5.92 Å². The van der Waals surface area contributed by atoms with Crippen LogP contribution in [0.25, 0.3) is 0 Å². The second-order valence-electron chi connectivity index (χ2n) is 8.81. The van der Waals surface area contributed by atoms with E-state index in [1.165, 1.54) is 0 Å². The third-order valence-electron chi connectivity index (χ3n) is 6.51. The van der Waals surface area contributed by atoms with E-state index in [-0.39, 0.29) is 30.6 Å². The molecule has 0 spiro atoms. The van der Waals surface area contributed by atoms with Crippen molar-refractivity contribution in [3.05, 3.63) is 65.7 Å². The summed E-state index contributed by atoms with van der Waals surface area (Å²) >= 11 is 0. The molecule has 2 heterocycles. The molecule has 2 aromatic carbocycles. The summed E-state index contributed by atoms with van der Waals surface area (Å²) in [5, 5.41) is 21.3. The maximum atomic E-state index is 13.3. The van der Waals surface area contributed by atoms with Gasteiger partial charge >= 0.3 is 11.9 Å². The maximum Gasteiger partial charge on any atom is 0.341 e. The summed E-state index contributed by atoms with van der Waals surface area (Å²) < 4.78 is 16.7. The number of hydrogen-bond donors (Lipinski definition) is 3. The number of carbonyl (C=O) groups excluding carboxylic acids is 2. The molecule has 0 saturated carbocycles. The predicted octanol–water partition coefficient (Wildman–Crippen LogP) is 1.71. The Hall–Kier alpha value is -3.43. The van der Waals surface area contributed by atoms with Gasteiger partial charge in [0.2, 0.25) is 5.91 Å². The van der Waals surface area contributed by atoms with Crippen LogP contribution < -0.4 is 10.1 Å². The highest BCUT2D eigenvalue weighted by atomic mass is 16.5. The van der Waals surface area contributed by atoms with Gasteiger partial charge in [0.1, 0.15) is 12.4 Å². The van der Waals surface area contributed by atoms with Crippen LogP contribution in [-0.4, -0.2) is 59.5 Å². The molecular formula is C26H29NO8. The monoisotopic (exact) mass is 483 g/mol. The number of nitrogens with one attached hydrogen (secondary N) is 1. The number of amides is 1. The fourth-order valence-corrected chi connectivity index (χ4v) is 4.88. The van der Waals surface area contributed by atoms with Gasteiger partial charge in [-0.05, 0) is 36.5 Å². The molecule has 0 radical (unpaired) electrons. The SMILES string of the molecule is O=C(O)COc1ccccc1C[C@@H]1[C@H](C(=O)NC(CO)C(=O)OCc2ccccc2)[C@H]2CC[C@@H]1O2. The number of aliphatic hydroxyl groups excluding tert-OH is 1. The van der Waals surface area contributed by atoms with E-state index in [1.54, 1.807) is 12.1 Å². The molecule has 2 bridgehead atoms. The van der Waals surface area contributed by atoms with Crippen molar-refractivity contribution in [3.63, 3.8) is 0 Å². The Morgan fingerprint density at radius 2 is 1.74 bits per heavy atom. The molecule has 2 aliphatic heterocycles. The first-order chi connectivity index (χ1) is 17.0. The van der Waals surface area contributed by atoms with Crippen LogP contribution in [0.5, 0.6) is 5.75 Å². The first kappa shape index (κ1) is 24.7. The molecule has 186 valence electrons. The van der Waals surface area contributed by atoms with E-state index in [1.807, 2.05) is 42.5 Å². The number of aliphatic carboxylic acids is 1. The van der Waals surface area contributed by atoms with Gasteiger partial charge in [-0.1, -0.05) is 48.5 Å². The zero-order chi connectivity index (χ0) is 24.8. The normalized spacial score (nSPS) is 23.5. The van der Waals surface area contributed by atoms with Crippen LogP contribution in [0.3, 0.4) is 0 Å². The molecule has 2 fully saturated rings. The number of aliphatic hydroxyl groups is 1. The average molecular weight is 484 g/mol. The Kier molecular flexibility index (Phi) is 7.99. The molecule has 2 saturated heterocycles. The Morgan fingerprint density at radius 3 is 2.49 bits per heavy atom. The lowest BCUT2D eigenvalue weighted by Crippen LogP contribution is -2.50. The van der Waals surface area contributed by atoms with Crippen molar-refractivity contribution in [2.24, 2.45) is 11.8 Å². The lowest BCUT2D eigenvalue weighted by Gasteiger charge is -2.29. The van der Waals surface area contributed by atoms with Gasteiger partial charge in [0.25, 0.3) is 0 Å². The van der Waals surface area contributed by atoms with Crippen LogP contribution in [0, 0.1) is 11.8 Å². The number of rotatable bonds is 11. The van der Waals surface area contributed by atoms with Gasteiger partial charge < -0.3 is 29.7 Å². The number of carbonyl (C=O) groups is 3. The smallest absolute Gasteiger partial charge is 0.341 e. The number of carboxylic acid groups (broad SMARTS) is 1. The van der Waals surface area contributed by atoms with Crippen molar-refractivity contribution in [3.8, 4) is 5.75 Å². The standard InChI is InChI=1S/C26H29NO8/c28-13-19(26(32)34-14-16-6-2-1-3-7-16)27-25(31)24-18(21-10-11-22(24)35-21)12-17-8-4-5-9-20(17)33-15-23(29)30/h1-9,18-19,21-22,24,28H,10-15H2,(H,27,31)(H,29,30)/t18-,19?,21-,22+,24-/m0/s1. The molecule has 1 amide bonds. The van der Waals surface area contributed by atoms with Crippen molar-refractivity contribution in [2.75, 3.05) is 13.2 Å². The summed E-state index contributed by atoms with van der Waals surface area (Å²) in [6.45, 7) is -1.01. The van der Waals surface area contributed by atoms with E-state index in [9.17, 15) is 19.5 Å². The van der Waals surface area contributed by atoms with Crippen LogP contribution in [0.15, 0.2) is 54.6 Å². The third-order valence-corrected chi connectivity index (χ3v) is 6.51. The molecule has 2 aromatic rings. The number of hydrogen-bond acceptors (Lipinski definition) is 7. The van der Waals surface area contributed by atoms with Crippen LogP contribution in [0.4, 0.5) is 0 Å². The summed E-state index contributed by atoms with van der Waals surface area (Å²) in [4.78, 5) is 36.7. The quantitative estimate of drug-likeness (QED) is 0.412. The molecular weight excluding hydrogens is 454 g/mol. The number of benzene rings is 2. The summed E-state index contributed by atoms with van der Waals surface area (Å²) in [7, 11) is 0. The van der Waals surface area contributed by atoms with Gasteiger partial charge in [-0.25, -0.2) is 9.59 Å². The van der Waals surface area contributed by atoms with E-state index in [4.69, 9.17) is 19.3 Å². The Labute approximate surface area is 203 Å². The number of esters is 1. The summed E-state index contributed by atoms with van der Waals surface area (Å²) in [5.41, 5.74) is 1.59. The second kappa shape index (κ2) is 11.3. The molecule has 2 aliphatic rings. The minimum absolute atomic E-state index is 0.0407. The van der Waals surface area contributed by atoms with Crippen molar-refractivity contribution in [2.45, 2.75) is 44.1 Å². The summed E-state index contributed by atoms with van der Waals surface area (Å²) in [5.74, 6) is -2.40. The van der Waals surface area contributed by atoms with E-state index < -0.39 is 37.1 Å². The number of para-hydroxylation sites is 1. The van der Waals surface area contributed by atoms with Gasteiger partial charge in [-0.15, -0.1) is 0 Å². The Balaban J connectivity index is 1.41. The third kappa shape index (κ3) is 5.98. The molecule has 0 aromatic heterocycles. The molecule has 35 heavy (non-hydrogen) atoms. The highest BCUT2D eigenvalue weighted by molar-refractivity contribution is 5.86. The van der Waals surface area contributed by atoms with Gasteiger partial charge in [-0.2, -0.15) is 0 Å². The lowest BCUT2D eigenvalue weighted by atomic mass is 9.75. The van der Waals surface area contributed by atoms with Crippen LogP contribution >= 0.6 is 0 Å². The number of ether oxygens (including phenoxy) is 3. The minimum Gasteiger partial charge on any atom is -0.482 e. The highest BCUT2D eigenvalue weighted by Gasteiger charge is 2.52. The Bertz CT molecular complexity index is 1040. The lowest BCUT2D eigenvalue weighted by molar-refractivity contribution is -0.151. The predicted molar refractivity (Wildman–Crippen MR) is 123 cm³/mol. The van der Waals surface area contributed by atoms with Crippen LogP contribution in [0.1, 0.15) is 24.0 Å². The second-order valence-corrected chi connectivity index (χ2v) is 8.81. The fraction of sp³-hybridized carbons (Fsp3) is 0.423.